The van der Waals surface area contributed by atoms with Gasteiger partial charge in [0.15, 0.2) is 5.11 Å². The van der Waals surface area contributed by atoms with Crippen molar-refractivity contribution in [1.29, 1.82) is 0 Å². The summed E-state index contributed by atoms with van der Waals surface area (Å²) in [5.74, 6) is 5.15. The minimum atomic E-state index is 0.529. The van der Waals surface area contributed by atoms with E-state index in [1.807, 2.05) is 7.05 Å². The molecule has 0 fully saturated rings. The lowest BCUT2D eigenvalue weighted by Crippen LogP contribution is -2.49. The van der Waals surface area contributed by atoms with E-state index < -0.39 is 0 Å². The van der Waals surface area contributed by atoms with Crippen LogP contribution in [0.1, 0.15) is 19.8 Å². The summed E-state index contributed by atoms with van der Waals surface area (Å²) in [6.45, 7) is 3.02. The van der Waals surface area contributed by atoms with Crippen LogP contribution in [0.15, 0.2) is 0 Å². The van der Waals surface area contributed by atoms with E-state index in [-0.39, 0.29) is 0 Å². The van der Waals surface area contributed by atoms with Crippen LogP contribution in [0.25, 0.3) is 0 Å². The van der Waals surface area contributed by atoms with Gasteiger partial charge in [-0.05, 0) is 18.6 Å². The quantitative estimate of drug-likeness (QED) is 0.319. The van der Waals surface area contributed by atoms with E-state index in [9.17, 15) is 0 Å². The molecule has 5 heteroatoms. The molecule has 0 aromatic carbocycles. The number of nitrogens with two attached hydrogens (primary N) is 1. The highest BCUT2D eigenvalue weighted by atomic mass is 32.1. The second-order valence-corrected chi connectivity index (χ2v) is 2.56. The van der Waals surface area contributed by atoms with Gasteiger partial charge < -0.3 is 0 Å². The third-order valence-corrected chi connectivity index (χ3v) is 1.71. The number of thiocarbonyl (C=S) groups is 1. The maximum atomic E-state index is 5.15. The van der Waals surface area contributed by atoms with E-state index in [2.05, 4.69) is 17.8 Å². The molecule has 0 rings (SSSR count). The molecule has 4 nitrogen and oxygen atoms in total. The lowest BCUT2D eigenvalue weighted by molar-refractivity contribution is 0.328. The molecule has 0 atom stereocenters. The predicted molar refractivity (Wildman–Crippen MR) is 50.6 cm³/mol. The summed E-state index contributed by atoms with van der Waals surface area (Å²) in [6, 6.07) is 0. The van der Waals surface area contributed by atoms with Crippen molar-refractivity contribution in [2.75, 3.05) is 13.6 Å². The van der Waals surface area contributed by atoms with Gasteiger partial charge in [0.25, 0.3) is 0 Å². The highest BCUT2D eigenvalue weighted by Gasteiger charge is 2.03. The van der Waals surface area contributed by atoms with Crippen LogP contribution in [-0.2, 0) is 0 Å². The Bertz CT molecular complexity index is 117. The van der Waals surface area contributed by atoms with Gasteiger partial charge in [-0.3, -0.25) is 10.4 Å². The molecule has 4 N–H and O–H groups in total. The molecular weight excluding hydrogens is 160 g/mol. The average Bonchev–Trinajstić information content (AvgIpc) is 2.05. The number of unbranched alkanes of at least 4 members (excludes halogenated alkanes) is 1. The van der Waals surface area contributed by atoms with Gasteiger partial charge >= 0.3 is 0 Å². The Hall–Kier alpha value is -0.390. The van der Waals surface area contributed by atoms with E-state index in [0.29, 0.717) is 5.11 Å². The van der Waals surface area contributed by atoms with Crippen LogP contribution >= 0.6 is 12.2 Å². The Kier molecular flexibility index (Phi) is 6.10. The number of hydrazine groups is 2. The maximum Gasteiger partial charge on any atom is 0.197 e. The number of nitrogens with one attached hydrogen (secondary N) is 2. The van der Waals surface area contributed by atoms with Gasteiger partial charge in [0.1, 0.15) is 0 Å². The summed E-state index contributed by atoms with van der Waals surface area (Å²) in [6.07, 6.45) is 2.24. The fourth-order valence-corrected chi connectivity index (χ4v) is 0.892. The zero-order chi connectivity index (χ0) is 8.69. The zero-order valence-corrected chi connectivity index (χ0v) is 7.87. The molecule has 66 valence electrons. The third-order valence-electron chi connectivity index (χ3n) is 1.37. The van der Waals surface area contributed by atoms with Crippen LogP contribution in [0.4, 0.5) is 0 Å². The molecule has 0 aliphatic heterocycles. The van der Waals surface area contributed by atoms with Crippen molar-refractivity contribution in [2.45, 2.75) is 19.8 Å². The normalized spacial score (nSPS) is 9.36. The predicted octanol–water partition coefficient (Wildman–Crippen LogP) is -0.0289. The number of nitrogens with zero attached hydrogens (tertiary/aromatic N) is 1. The van der Waals surface area contributed by atoms with E-state index in [1.165, 1.54) is 0 Å². The van der Waals surface area contributed by atoms with Crippen molar-refractivity contribution in [1.82, 2.24) is 15.9 Å². The standard InChI is InChI=1S/C6H16N4S/c1-3-4-5-10(8-2)6(11)9-7/h8H,3-5,7H2,1-2H3,(H,9,11). The molecular formula is C6H16N4S. The molecule has 0 unspecified atom stereocenters. The first-order valence-corrected chi connectivity index (χ1v) is 4.12. The van der Waals surface area contributed by atoms with Gasteiger partial charge in [-0.2, -0.15) is 0 Å². The van der Waals surface area contributed by atoms with E-state index in [1.54, 1.807) is 5.01 Å². The summed E-state index contributed by atoms with van der Waals surface area (Å²) in [4.78, 5) is 0. The highest BCUT2D eigenvalue weighted by Crippen LogP contribution is 1.90. The summed E-state index contributed by atoms with van der Waals surface area (Å²) in [5, 5.41) is 2.33. The minimum absolute atomic E-state index is 0.529. The zero-order valence-electron chi connectivity index (χ0n) is 7.05. The van der Waals surface area contributed by atoms with Gasteiger partial charge in [-0.15, -0.1) is 0 Å². The molecule has 0 aromatic heterocycles. The van der Waals surface area contributed by atoms with Gasteiger partial charge in [0, 0.05) is 13.6 Å². The van der Waals surface area contributed by atoms with E-state index >= 15 is 0 Å². The Labute approximate surface area is 73.1 Å². The van der Waals surface area contributed by atoms with Crippen LogP contribution in [0.2, 0.25) is 0 Å². The first-order valence-electron chi connectivity index (χ1n) is 3.71. The Morgan fingerprint density at radius 3 is 2.64 bits per heavy atom. The van der Waals surface area contributed by atoms with E-state index in [0.717, 1.165) is 19.4 Å². The average molecular weight is 176 g/mol. The second kappa shape index (κ2) is 6.33. The fraction of sp³-hybridized carbons (Fsp3) is 0.833. The van der Waals surface area contributed by atoms with Crippen molar-refractivity contribution in [3.05, 3.63) is 0 Å². The molecule has 0 aromatic rings. The summed E-state index contributed by atoms with van der Waals surface area (Å²) in [5.41, 5.74) is 5.36. The van der Waals surface area contributed by atoms with Gasteiger partial charge in [0.05, 0.1) is 0 Å². The van der Waals surface area contributed by atoms with Crippen molar-refractivity contribution in [2.24, 2.45) is 5.84 Å². The largest absolute Gasteiger partial charge is 0.300 e. The van der Waals surface area contributed by atoms with E-state index in [4.69, 9.17) is 18.1 Å². The molecule has 0 bridgehead atoms. The van der Waals surface area contributed by atoms with Crippen LogP contribution in [0.3, 0.4) is 0 Å². The van der Waals surface area contributed by atoms with Crippen LogP contribution in [-0.4, -0.2) is 23.7 Å². The van der Waals surface area contributed by atoms with Gasteiger partial charge in [-0.1, -0.05) is 13.3 Å². The van der Waals surface area contributed by atoms with Crippen molar-refractivity contribution >= 4 is 17.3 Å². The lowest BCUT2D eigenvalue weighted by Gasteiger charge is -2.22. The van der Waals surface area contributed by atoms with Crippen molar-refractivity contribution in [3.63, 3.8) is 0 Å². The van der Waals surface area contributed by atoms with Gasteiger partial charge in [-0.25, -0.2) is 11.3 Å². The number of hydrogen-bond acceptors (Lipinski definition) is 3. The first kappa shape index (κ1) is 10.6. The summed E-state index contributed by atoms with van der Waals surface area (Å²) in [7, 11) is 1.82. The SMILES string of the molecule is CCCCN(NC)C(=S)NN. The molecule has 0 radical (unpaired) electrons. The Morgan fingerprint density at radius 2 is 2.27 bits per heavy atom. The van der Waals surface area contributed by atoms with Crippen molar-refractivity contribution in [3.8, 4) is 0 Å². The summed E-state index contributed by atoms with van der Waals surface area (Å²) < 4.78 is 0. The minimum Gasteiger partial charge on any atom is -0.300 e. The molecule has 0 amide bonds. The topological polar surface area (TPSA) is 53.3 Å². The molecule has 0 aliphatic carbocycles. The second-order valence-electron chi connectivity index (χ2n) is 2.18. The highest BCUT2D eigenvalue weighted by molar-refractivity contribution is 7.80. The number of hydrogen-bond donors (Lipinski definition) is 3. The van der Waals surface area contributed by atoms with Crippen LogP contribution < -0.4 is 16.7 Å². The van der Waals surface area contributed by atoms with Crippen molar-refractivity contribution < 1.29 is 0 Å². The molecule has 0 heterocycles. The molecule has 0 saturated heterocycles. The van der Waals surface area contributed by atoms with Gasteiger partial charge in [0.2, 0.25) is 0 Å². The monoisotopic (exact) mass is 176 g/mol. The molecule has 11 heavy (non-hydrogen) atoms. The van der Waals surface area contributed by atoms with Crippen LogP contribution in [0, 0.1) is 0 Å². The third kappa shape index (κ3) is 4.13. The first-order chi connectivity index (χ1) is 5.26. The molecule has 0 aliphatic rings. The fourth-order valence-electron chi connectivity index (χ4n) is 0.709. The molecule has 0 spiro atoms. The Morgan fingerprint density at radius 1 is 1.64 bits per heavy atom. The molecule has 0 saturated carbocycles. The Balaban J connectivity index is 3.65. The lowest BCUT2D eigenvalue weighted by atomic mass is 10.3. The number of rotatable bonds is 4. The maximum absolute atomic E-state index is 5.15. The van der Waals surface area contributed by atoms with Crippen LogP contribution in [0.5, 0.6) is 0 Å². The summed E-state index contributed by atoms with van der Waals surface area (Å²) >= 11 is 4.92. The smallest absolute Gasteiger partial charge is 0.197 e.